The fraction of sp³-hybridized carbons (Fsp3) is 0.615. The molecular formula is C13H20FN5O. The van der Waals surface area contributed by atoms with Crippen LogP contribution in [0.3, 0.4) is 0 Å². The first-order valence-electron chi connectivity index (χ1n) is 6.82. The fourth-order valence-corrected chi connectivity index (χ4v) is 2.36. The number of carbonyl (C=O) groups is 1. The number of piperazine rings is 1. The second-order valence-electron chi connectivity index (χ2n) is 4.91. The van der Waals surface area contributed by atoms with Crippen LogP contribution in [0, 0.1) is 5.82 Å². The third-order valence-corrected chi connectivity index (χ3v) is 3.75. The van der Waals surface area contributed by atoms with Gasteiger partial charge in [0.15, 0.2) is 11.6 Å². The van der Waals surface area contributed by atoms with Crippen LogP contribution < -0.4 is 10.6 Å². The van der Waals surface area contributed by atoms with Gasteiger partial charge in [-0.15, -0.1) is 0 Å². The van der Waals surface area contributed by atoms with Crippen LogP contribution in [-0.2, 0) is 11.2 Å². The van der Waals surface area contributed by atoms with Crippen molar-refractivity contribution in [3.05, 3.63) is 17.8 Å². The number of anilines is 1. The van der Waals surface area contributed by atoms with Crippen molar-refractivity contribution in [2.75, 3.05) is 31.1 Å². The van der Waals surface area contributed by atoms with E-state index in [1.165, 1.54) is 6.33 Å². The SMILES string of the molecule is CCc1ncnc(N2CCN(C(C)C(N)=O)CC2)c1F. The summed E-state index contributed by atoms with van der Waals surface area (Å²) in [5.74, 6) is -0.324. The largest absolute Gasteiger partial charge is 0.368 e. The molecule has 2 rings (SSSR count). The number of carbonyl (C=O) groups excluding carboxylic acids is 1. The van der Waals surface area contributed by atoms with E-state index in [1.54, 1.807) is 6.92 Å². The quantitative estimate of drug-likeness (QED) is 0.851. The maximum Gasteiger partial charge on any atom is 0.234 e. The number of aryl methyl sites for hydroxylation is 1. The van der Waals surface area contributed by atoms with Crippen molar-refractivity contribution in [1.82, 2.24) is 14.9 Å². The zero-order valence-corrected chi connectivity index (χ0v) is 11.8. The summed E-state index contributed by atoms with van der Waals surface area (Å²) in [5, 5.41) is 0. The number of aromatic nitrogens is 2. The van der Waals surface area contributed by atoms with Crippen molar-refractivity contribution in [3.8, 4) is 0 Å². The smallest absolute Gasteiger partial charge is 0.234 e. The van der Waals surface area contributed by atoms with Crippen molar-refractivity contribution in [3.63, 3.8) is 0 Å². The van der Waals surface area contributed by atoms with Gasteiger partial charge < -0.3 is 10.6 Å². The molecule has 0 aromatic carbocycles. The van der Waals surface area contributed by atoms with E-state index >= 15 is 0 Å². The Bertz CT molecular complexity index is 488. The molecule has 20 heavy (non-hydrogen) atoms. The zero-order valence-electron chi connectivity index (χ0n) is 11.8. The molecule has 6 nitrogen and oxygen atoms in total. The van der Waals surface area contributed by atoms with Crippen LogP contribution in [0.15, 0.2) is 6.33 Å². The summed E-state index contributed by atoms with van der Waals surface area (Å²) in [6.45, 7) is 6.22. The van der Waals surface area contributed by atoms with Gasteiger partial charge in [0, 0.05) is 26.2 Å². The number of nitrogens with two attached hydrogens (primary N) is 1. The molecule has 1 aromatic heterocycles. The summed E-state index contributed by atoms with van der Waals surface area (Å²) >= 11 is 0. The third-order valence-electron chi connectivity index (χ3n) is 3.75. The third kappa shape index (κ3) is 2.87. The predicted octanol–water partition coefficient (Wildman–Crippen LogP) is 0.174. The van der Waals surface area contributed by atoms with Crippen LogP contribution in [-0.4, -0.2) is 53.0 Å². The van der Waals surface area contributed by atoms with Gasteiger partial charge in [-0.1, -0.05) is 6.92 Å². The molecule has 1 unspecified atom stereocenters. The van der Waals surface area contributed by atoms with Crippen LogP contribution in [0.1, 0.15) is 19.5 Å². The Kier molecular flexibility index (Phi) is 4.49. The van der Waals surface area contributed by atoms with Gasteiger partial charge in [-0.2, -0.15) is 0 Å². The van der Waals surface area contributed by atoms with Gasteiger partial charge in [0.05, 0.1) is 11.7 Å². The van der Waals surface area contributed by atoms with Crippen LogP contribution >= 0.6 is 0 Å². The standard InChI is InChI=1S/C13H20FN5O/c1-3-10-11(14)13(17-8-16-10)19-6-4-18(5-7-19)9(2)12(15)20/h8-9H,3-7H2,1-2H3,(H2,15,20). The number of amides is 1. The second-order valence-corrected chi connectivity index (χ2v) is 4.91. The summed E-state index contributed by atoms with van der Waals surface area (Å²) in [5.41, 5.74) is 5.73. The average Bonchev–Trinajstić information content (AvgIpc) is 2.47. The summed E-state index contributed by atoms with van der Waals surface area (Å²) in [6.07, 6.45) is 1.94. The van der Waals surface area contributed by atoms with E-state index in [9.17, 15) is 9.18 Å². The molecule has 1 amide bonds. The van der Waals surface area contributed by atoms with E-state index in [2.05, 4.69) is 9.97 Å². The van der Waals surface area contributed by atoms with E-state index in [-0.39, 0.29) is 17.8 Å². The molecule has 110 valence electrons. The Morgan fingerprint density at radius 1 is 1.40 bits per heavy atom. The molecule has 1 atom stereocenters. The first-order chi connectivity index (χ1) is 9.54. The highest BCUT2D eigenvalue weighted by molar-refractivity contribution is 5.79. The van der Waals surface area contributed by atoms with E-state index in [1.807, 2.05) is 16.7 Å². The lowest BCUT2D eigenvalue weighted by atomic mass is 10.2. The van der Waals surface area contributed by atoms with Gasteiger partial charge in [0.2, 0.25) is 5.91 Å². The highest BCUT2D eigenvalue weighted by Gasteiger charge is 2.26. The molecule has 0 radical (unpaired) electrons. The second kappa shape index (κ2) is 6.13. The van der Waals surface area contributed by atoms with E-state index in [4.69, 9.17) is 5.73 Å². The van der Waals surface area contributed by atoms with E-state index in [0.29, 0.717) is 44.1 Å². The van der Waals surface area contributed by atoms with E-state index in [0.717, 1.165) is 0 Å². The Hall–Kier alpha value is -1.76. The first kappa shape index (κ1) is 14.6. The number of nitrogens with zero attached hydrogens (tertiary/aromatic N) is 4. The van der Waals surface area contributed by atoms with Gasteiger partial charge >= 0.3 is 0 Å². The summed E-state index contributed by atoms with van der Waals surface area (Å²) in [7, 11) is 0. The minimum atomic E-state index is -0.341. The predicted molar refractivity (Wildman–Crippen MR) is 73.8 cm³/mol. The van der Waals surface area contributed by atoms with Crippen molar-refractivity contribution < 1.29 is 9.18 Å². The van der Waals surface area contributed by atoms with Crippen molar-refractivity contribution in [2.24, 2.45) is 5.73 Å². The van der Waals surface area contributed by atoms with Gasteiger partial charge in [0.1, 0.15) is 6.33 Å². The number of primary amides is 1. The Morgan fingerprint density at radius 3 is 2.60 bits per heavy atom. The Morgan fingerprint density at radius 2 is 2.05 bits per heavy atom. The number of rotatable bonds is 4. The minimum Gasteiger partial charge on any atom is -0.368 e. The van der Waals surface area contributed by atoms with E-state index < -0.39 is 0 Å². The molecule has 1 fully saturated rings. The molecule has 0 saturated carbocycles. The van der Waals surface area contributed by atoms with Gasteiger partial charge in [-0.3, -0.25) is 9.69 Å². The number of hydrogen-bond donors (Lipinski definition) is 1. The highest BCUT2D eigenvalue weighted by Crippen LogP contribution is 2.20. The molecule has 0 aliphatic carbocycles. The van der Waals surface area contributed by atoms with Crippen molar-refractivity contribution >= 4 is 11.7 Å². The van der Waals surface area contributed by atoms with Crippen LogP contribution in [0.25, 0.3) is 0 Å². The summed E-state index contributed by atoms with van der Waals surface area (Å²) < 4.78 is 14.2. The lowest BCUT2D eigenvalue weighted by Gasteiger charge is -2.37. The Balaban J connectivity index is 2.06. The zero-order chi connectivity index (χ0) is 14.7. The lowest BCUT2D eigenvalue weighted by Crippen LogP contribution is -2.53. The number of hydrogen-bond acceptors (Lipinski definition) is 5. The maximum absolute atomic E-state index is 14.2. The Labute approximate surface area is 117 Å². The summed E-state index contributed by atoms with van der Waals surface area (Å²) in [6, 6.07) is -0.293. The molecule has 1 aliphatic rings. The molecule has 1 aliphatic heterocycles. The number of halogens is 1. The molecular weight excluding hydrogens is 261 g/mol. The molecule has 2 N–H and O–H groups in total. The molecule has 0 bridgehead atoms. The molecule has 2 heterocycles. The first-order valence-corrected chi connectivity index (χ1v) is 6.82. The van der Waals surface area contributed by atoms with Crippen LogP contribution in [0.2, 0.25) is 0 Å². The minimum absolute atomic E-state index is 0.293. The molecule has 0 spiro atoms. The van der Waals surface area contributed by atoms with Crippen molar-refractivity contribution in [1.29, 1.82) is 0 Å². The van der Waals surface area contributed by atoms with Crippen LogP contribution in [0.4, 0.5) is 10.2 Å². The van der Waals surface area contributed by atoms with Gasteiger partial charge in [-0.05, 0) is 13.3 Å². The normalized spacial score (nSPS) is 18.1. The molecule has 7 heteroatoms. The topological polar surface area (TPSA) is 75.3 Å². The monoisotopic (exact) mass is 281 g/mol. The summed E-state index contributed by atoms with van der Waals surface area (Å²) in [4.78, 5) is 23.0. The molecule has 1 saturated heterocycles. The van der Waals surface area contributed by atoms with Crippen molar-refractivity contribution in [2.45, 2.75) is 26.3 Å². The fourth-order valence-electron chi connectivity index (χ4n) is 2.36. The highest BCUT2D eigenvalue weighted by atomic mass is 19.1. The maximum atomic E-state index is 14.2. The molecule has 1 aromatic rings. The van der Waals surface area contributed by atoms with Gasteiger partial charge in [0.25, 0.3) is 0 Å². The van der Waals surface area contributed by atoms with Gasteiger partial charge in [-0.25, -0.2) is 14.4 Å². The van der Waals surface area contributed by atoms with Crippen LogP contribution in [0.5, 0.6) is 0 Å². The average molecular weight is 281 g/mol. The lowest BCUT2D eigenvalue weighted by molar-refractivity contribution is -0.122.